The largest absolute Gasteiger partial charge is 0.496 e. The van der Waals surface area contributed by atoms with Crippen LogP contribution in [0.4, 0.5) is 14.6 Å². The molecule has 1 amide bonds. The van der Waals surface area contributed by atoms with Crippen molar-refractivity contribution in [3.63, 3.8) is 0 Å². The summed E-state index contributed by atoms with van der Waals surface area (Å²) >= 11 is 7.78. The molecule has 1 N–H and O–H groups in total. The van der Waals surface area contributed by atoms with Crippen LogP contribution in [0.1, 0.15) is 87.2 Å². The third kappa shape index (κ3) is 5.09. The number of carbonyl (C=O) groups is 1. The van der Waals surface area contributed by atoms with Crippen molar-refractivity contribution in [1.82, 2.24) is 25.1 Å². The maximum Gasteiger partial charge on any atom is 0.276 e. The summed E-state index contributed by atoms with van der Waals surface area (Å²) in [5, 5.41) is 13.3. The number of ether oxygens (including phenoxy) is 1. The van der Waals surface area contributed by atoms with E-state index in [0.717, 1.165) is 52.4 Å². The Morgan fingerprint density at radius 3 is 2.81 bits per heavy atom. The van der Waals surface area contributed by atoms with Gasteiger partial charge < -0.3 is 19.4 Å². The van der Waals surface area contributed by atoms with E-state index in [1.165, 1.54) is 29.6 Å². The van der Waals surface area contributed by atoms with E-state index in [9.17, 15) is 4.79 Å². The topological polar surface area (TPSA) is 106 Å². The number of aryl methyl sites for hydroxylation is 2. The Hall–Kier alpha value is -4.94. The van der Waals surface area contributed by atoms with Gasteiger partial charge in [-0.2, -0.15) is 0 Å². The molecule has 268 valence electrons. The Morgan fingerprint density at radius 2 is 1.98 bits per heavy atom. The fourth-order valence-electron chi connectivity index (χ4n) is 9.00. The summed E-state index contributed by atoms with van der Waals surface area (Å²) in [6.45, 7) is 2.40. The average molecular weight is 751 g/mol. The van der Waals surface area contributed by atoms with Gasteiger partial charge in [-0.25, -0.2) is 13.8 Å². The first-order valence-electron chi connectivity index (χ1n) is 17.8. The number of aromatic nitrogens is 4. The molecule has 0 bridgehead atoms. The number of alkyl halides is 2. The number of anilines is 1. The van der Waals surface area contributed by atoms with Gasteiger partial charge in [0, 0.05) is 47.1 Å². The van der Waals surface area contributed by atoms with Crippen molar-refractivity contribution < 1.29 is 22.7 Å². The van der Waals surface area contributed by atoms with Gasteiger partial charge in [-0.3, -0.25) is 9.78 Å². The van der Waals surface area contributed by atoms with Crippen LogP contribution in [-0.2, 0) is 19.3 Å². The molecule has 13 heteroatoms. The molecule has 10 rings (SSSR count). The molecule has 2 aliphatic heterocycles. The summed E-state index contributed by atoms with van der Waals surface area (Å²) in [7, 11) is 1.49. The van der Waals surface area contributed by atoms with E-state index in [0.29, 0.717) is 68.8 Å². The molecule has 1 fully saturated rings. The highest BCUT2D eigenvalue weighted by atomic mass is 35.5. The number of thiophene rings is 1. The third-order valence-electron chi connectivity index (χ3n) is 11.3. The Kier molecular flexibility index (Phi) is 7.43. The lowest BCUT2D eigenvalue weighted by molar-refractivity contribution is -0.00734. The van der Waals surface area contributed by atoms with E-state index >= 15 is 8.78 Å². The molecule has 4 aliphatic rings. The van der Waals surface area contributed by atoms with Crippen molar-refractivity contribution >= 4 is 44.7 Å². The molecule has 6 aromatic rings. The summed E-state index contributed by atoms with van der Waals surface area (Å²) in [6.07, 6.45) is 5.38. The van der Waals surface area contributed by atoms with Crippen LogP contribution in [0.25, 0.3) is 32.0 Å². The predicted octanol–water partition coefficient (Wildman–Crippen LogP) is 9.29. The molecular weight excluding hydrogens is 718 g/mol. The van der Waals surface area contributed by atoms with Gasteiger partial charge in [0.15, 0.2) is 0 Å². The summed E-state index contributed by atoms with van der Waals surface area (Å²) in [4.78, 5) is 27.0. The highest BCUT2D eigenvalue weighted by Crippen LogP contribution is 2.53. The number of hydrogen-bond acceptors (Lipinski definition) is 9. The zero-order valence-corrected chi connectivity index (χ0v) is 30.5. The molecule has 6 heterocycles. The molecule has 4 aromatic heterocycles. The predicted molar refractivity (Wildman–Crippen MR) is 198 cm³/mol. The Labute approximate surface area is 312 Å². The Morgan fingerprint density at radius 1 is 1.09 bits per heavy atom. The maximum absolute atomic E-state index is 15.7. The fourth-order valence-corrected chi connectivity index (χ4v) is 10.4. The van der Waals surface area contributed by atoms with E-state index in [1.807, 2.05) is 29.2 Å². The first-order valence-corrected chi connectivity index (χ1v) is 19.0. The number of benzene rings is 2. The quantitative estimate of drug-likeness (QED) is 0.172. The lowest BCUT2D eigenvalue weighted by Gasteiger charge is -2.22. The van der Waals surface area contributed by atoms with Crippen molar-refractivity contribution in [2.24, 2.45) is 0 Å². The minimum atomic E-state index is -3.08. The van der Waals surface area contributed by atoms with Crippen LogP contribution in [0.2, 0.25) is 5.02 Å². The summed E-state index contributed by atoms with van der Waals surface area (Å²) in [5.74, 6) is -1.50. The van der Waals surface area contributed by atoms with Crippen LogP contribution in [0.5, 0.6) is 5.75 Å². The second-order valence-corrected chi connectivity index (χ2v) is 15.9. The number of nitrogens with zero attached hydrogens (tertiary/aromatic N) is 5. The van der Waals surface area contributed by atoms with E-state index in [2.05, 4.69) is 26.6 Å². The maximum atomic E-state index is 15.7. The normalized spacial score (nSPS) is 20.9. The number of methoxy groups -OCH3 is 1. The molecule has 0 spiro atoms. The highest BCUT2D eigenvalue weighted by Gasteiger charge is 2.49. The number of pyridine rings is 2. The van der Waals surface area contributed by atoms with Crippen molar-refractivity contribution in [2.75, 3.05) is 19.0 Å². The summed E-state index contributed by atoms with van der Waals surface area (Å²) in [5.41, 5.74) is 6.90. The molecule has 2 aliphatic carbocycles. The molecule has 53 heavy (non-hydrogen) atoms. The number of hydrogen-bond donors (Lipinski definition) is 1. The lowest BCUT2D eigenvalue weighted by atomic mass is 9.89. The van der Waals surface area contributed by atoms with Gasteiger partial charge in [0.05, 0.1) is 40.4 Å². The van der Waals surface area contributed by atoms with Crippen molar-refractivity contribution in [3.05, 3.63) is 105 Å². The third-order valence-corrected chi connectivity index (χ3v) is 12.7. The van der Waals surface area contributed by atoms with Crippen LogP contribution in [0, 0.1) is 6.92 Å². The zero-order chi connectivity index (χ0) is 36.2. The van der Waals surface area contributed by atoms with Crippen LogP contribution >= 0.6 is 22.9 Å². The van der Waals surface area contributed by atoms with Gasteiger partial charge >= 0.3 is 0 Å². The highest BCUT2D eigenvalue weighted by molar-refractivity contribution is 7.23. The van der Waals surface area contributed by atoms with E-state index in [1.54, 1.807) is 31.3 Å². The zero-order valence-electron chi connectivity index (χ0n) is 28.9. The number of halogens is 3. The SMILES string of the molecule is COc1cccc2c1CC(F)(F)[C@@H]2Nc1nccc2cc(-c3c4c(nc(C[C@H]5CCc6cc(Cl)ccc65)c3-c3nnc(C)o3)[C@H]3CCCN3C4=O)sc12. The Bertz CT molecular complexity index is 2500. The molecular formula is C40H33ClF2N6O3S. The van der Waals surface area contributed by atoms with E-state index < -0.39 is 18.4 Å². The first-order chi connectivity index (χ1) is 25.7. The molecule has 3 atom stereocenters. The fraction of sp³-hybridized carbons (Fsp3) is 0.325. The average Bonchev–Trinajstić information content (AvgIpc) is 3.99. The monoisotopic (exact) mass is 750 g/mol. The molecule has 2 aromatic carbocycles. The van der Waals surface area contributed by atoms with Gasteiger partial charge in [0.1, 0.15) is 17.6 Å². The number of rotatable bonds is 7. The second-order valence-electron chi connectivity index (χ2n) is 14.4. The van der Waals surface area contributed by atoms with Crippen LogP contribution in [-0.4, -0.2) is 50.5 Å². The standard InChI is InChI=1S/C40H33ClF2N6O3S/c1-19-47-48-38(52-19)31-27(16-21-9-8-20-15-23(41)10-11-24(20)21)45-34-28-6-4-14-49(28)39(50)33(34)32(31)30-17-22-12-13-44-37(35(22)53-30)46-36-25-5-3-7-29(51-2)26(25)18-40(36,42)43/h3,5,7,10-13,15,17,21,28,36H,4,6,8-9,14,16,18H2,1-2H3,(H,44,46)/t21-,28-,36-/m1/s1. The minimum absolute atomic E-state index is 0.0695. The smallest absolute Gasteiger partial charge is 0.276 e. The van der Waals surface area contributed by atoms with Gasteiger partial charge in [-0.15, -0.1) is 21.5 Å². The van der Waals surface area contributed by atoms with Gasteiger partial charge in [0.2, 0.25) is 11.8 Å². The van der Waals surface area contributed by atoms with Crippen molar-refractivity contribution in [1.29, 1.82) is 0 Å². The number of carbonyl (C=O) groups excluding carboxylic acids is 1. The van der Waals surface area contributed by atoms with E-state index in [-0.39, 0.29) is 17.9 Å². The summed E-state index contributed by atoms with van der Waals surface area (Å²) < 4.78 is 43.7. The van der Waals surface area contributed by atoms with Crippen LogP contribution in [0.15, 0.2) is 59.1 Å². The molecule has 9 nitrogen and oxygen atoms in total. The molecule has 1 saturated heterocycles. The minimum Gasteiger partial charge on any atom is -0.496 e. The van der Waals surface area contributed by atoms with Crippen molar-refractivity contribution in [3.8, 4) is 27.6 Å². The van der Waals surface area contributed by atoms with Gasteiger partial charge in [-0.1, -0.05) is 29.8 Å². The number of fused-ring (bicyclic) bond motifs is 6. The number of amides is 1. The first kappa shape index (κ1) is 32.7. The molecule has 0 radical (unpaired) electrons. The van der Waals surface area contributed by atoms with Crippen LogP contribution < -0.4 is 10.1 Å². The number of nitrogens with one attached hydrogen (secondary N) is 1. The second kappa shape index (κ2) is 12.0. The molecule has 0 unspecified atom stereocenters. The van der Waals surface area contributed by atoms with Gasteiger partial charge in [0.25, 0.3) is 11.8 Å². The van der Waals surface area contributed by atoms with Gasteiger partial charge in [-0.05, 0) is 90.4 Å². The van der Waals surface area contributed by atoms with Crippen molar-refractivity contribution in [2.45, 2.75) is 69.4 Å². The molecule has 0 saturated carbocycles. The summed E-state index contributed by atoms with van der Waals surface area (Å²) in [6, 6.07) is 13.7. The van der Waals surface area contributed by atoms with E-state index in [4.69, 9.17) is 25.7 Å². The van der Waals surface area contributed by atoms with Crippen LogP contribution in [0.3, 0.4) is 0 Å². The lowest BCUT2D eigenvalue weighted by Crippen LogP contribution is -2.28. The Balaban J connectivity index is 1.15.